The Morgan fingerprint density at radius 2 is 2.41 bits per heavy atom. The van der Waals surface area contributed by atoms with Gasteiger partial charge in [0.25, 0.3) is 0 Å². The van der Waals surface area contributed by atoms with Crippen LogP contribution in [0.4, 0.5) is 0 Å². The van der Waals surface area contributed by atoms with E-state index >= 15 is 0 Å². The second-order valence-electron chi connectivity index (χ2n) is 4.74. The van der Waals surface area contributed by atoms with Gasteiger partial charge in [0.05, 0.1) is 6.42 Å². The number of thiophene rings is 1. The highest BCUT2D eigenvalue weighted by atomic mass is 35.5. The molecular formula is C13H18ClNOS. The Morgan fingerprint density at radius 3 is 3.12 bits per heavy atom. The smallest absolute Gasteiger partial charge is 0.224 e. The Hall–Kier alpha value is -0.540. The van der Waals surface area contributed by atoms with Gasteiger partial charge in [-0.1, -0.05) is 6.42 Å². The standard InChI is InChI=1S/C13H18ClNOS/c14-12-3-1-2-10(6-12)8-15-13(16)7-11-4-5-17-9-11/h4-5,9-10,12H,1-3,6-8H2,(H,15,16). The van der Waals surface area contributed by atoms with E-state index in [1.54, 1.807) is 11.3 Å². The molecule has 1 aliphatic carbocycles. The van der Waals surface area contributed by atoms with Gasteiger partial charge in [-0.15, -0.1) is 11.6 Å². The van der Waals surface area contributed by atoms with E-state index in [2.05, 4.69) is 5.32 Å². The quantitative estimate of drug-likeness (QED) is 0.837. The zero-order chi connectivity index (χ0) is 12.1. The second-order valence-corrected chi connectivity index (χ2v) is 6.14. The molecule has 0 aromatic carbocycles. The molecule has 94 valence electrons. The van der Waals surface area contributed by atoms with Crippen LogP contribution in [-0.2, 0) is 11.2 Å². The summed E-state index contributed by atoms with van der Waals surface area (Å²) < 4.78 is 0. The molecular weight excluding hydrogens is 254 g/mol. The zero-order valence-electron chi connectivity index (χ0n) is 9.82. The molecule has 17 heavy (non-hydrogen) atoms. The first-order chi connectivity index (χ1) is 8.24. The molecule has 1 N–H and O–H groups in total. The number of hydrogen-bond acceptors (Lipinski definition) is 2. The Morgan fingerprint density at radius 1 is 1.53 bits per heavy atom. The van der Waals surface area contributed by atoms with Gasteiger partial charge in [0.2, 0.25) is 5.91 Å². The third-order valence-corrected chi connectivity index (χ3v) is 4.38. The highest BCUT2D eigenvalue weighted by Gasteiger charge is 2.20. The van der Waals surface area contributed by atoms with Crippen LogP contribution < -0.4 is 5.32 Å². The van der Waals surface area contributed by atoms with E-state index in [0.717, 1.165) is 24.9 Å². The Balaban J connectivity index is 1.69. The van der Waals surface area contributed by atoms with Crippen LogP contribution >= 0.6 is 22.9 Å². The molecule has 4 heteroatoms. The maximum Gasteiger partial charge on any atom is 0.224 e. The topological polar surface area (TPSA) is 29.1 Å². The van der Waals surface area contributed by atoms with Crippen molar-refractivity contribution in [3.05, 3.63) is 22.4 Å². The third-order valence-electron chi connectivity index (χ3n) is 3.25. The van der Waals surface area contributed by atoms with Gasteiger partial charge in [-0.2, -0.15) is 11.3 Å². The molecule has 0 bridgehead atoms. The van der Waals surface area contributed by atoms with E-state index in [9.17, 15) is 4.79 Å². The number of rotatable bonds is 4. The summed E-state index contributed by atoms with van der Waals surface area (Å²) in [5.74, 6) is 0.692. The van der Waals surface area contributed by atoms with Crippen LogP contribution in [-0.4, -0.2) is 17.8 Å². The second kappa shape index (κ2) is 6.41. The molecule has 0 aliphatic heterocycles. The summed E-state index contributed by atoms with van der Waals surface area (Å²) in [5.41, 5.74) is 1.10. The number of carbonyl (C=O) groups excluding carboxylic acids is 1. The van der Waals surface area contributed by atoms with Gasteiger partial charge >= 0.3 is 0 Å². The van der Waals surface area contributed by atoms with Gasteiger partial charge in [0.1, 0.15) is 0 Å². The minimum Gasteiger partial charge on any atom is -0.356 e. The minimum absolute atomic E-state index is 0.125. The maximum atomic E-state index is 11.7. The van der Waals surface area contributed by atoms with E-state index in [1.165, 1.54) is 12.8 Å². The summed E-state index contributed by atoms with van der Waals surface area (Å²) in [4.78, 5) is 11.7. The highest BCUT2D eigenvalue weighted by Crippen LogP contribution is 2.27. The van der Waals surface area contributed by atoms with Gasteiger partial charge in [-0.3, -0.25) is 4.79 Å². The lowest BCUT2D eigenvalue weighted by Gasteiger charge is -2.25. The fourth-order valence-corrected chi connectivity index (χ4v) is 3.39. The number of alkyl halides is 1. The van der Waals surface area contributed by atoms with Crippen molar-refractivity contribution in [3.63, 3.8) is 0 Å². The molecule has 1 heterocycles. The normalized spacial score (nSPS) is 24.5. The predicted octanol–water partition coefficient (Wildman–Crippen LogP) is 3.20. The summed E-state index contributed by atoms with van der Waals surface area (Å²) in [5, 5.41) is 7.35. The summed E-state index contributed by atoms with van der Waals surface area (Å²) >= 11 is 7.76. The zero-order valence-corrected chi connectivity index (χ0v) is 11.4. The molecule has 0 radical (unpaired) electrons. The van der Waals surface area contributed by atoms with E-state index in [1.807, 2.05) is 16.8 Å². The molecule has 2 rings (SSSR count). The number of hydrogen-bond donors (Lipinski definition) is 1. The lowest BCUT2D eigenvalue weighted by atomic mass is 9.89. The molecule has 2 unspecified atom stereocenters. The van der Waals surface area contributed by atoms with Crippen molar-refractivity contribution in [2.24, 2.45) is 5.92 Å². The molecule has 2 nitrogen and oxygen atoms in total. The number of carbonyl (C=O) groups is 1. The molecule has 0 saturated heterocycles. The summed E-state index contributed by atoms with van der Waals surface area (Å²) in [6.45, 7) is 0.784. The van der Waals surface area contributed by atoms with Crippen molar-refractivity contribution in [3.8, 4) is 0 Å². The summed E-state index contributed by atoms with van der Waals surface area (Å²) in [6, 6.07) is 2.00. The SMILES string of the molecule is O=C(Cc1ccsc1)NCC1CCCC(Cl)C1. The van der Waals surface area contributed by atoms with Crippen molar-refractivity contribution in [1.29, 1.82) is 0 Å². The summed E-state index contributed by atoms with van der Waals surface area (Å²) in [6.07, 6.45) is 5.06. The van der Waals surface area contributed by atoms with Gasteiger partial charge in [-0.25, -0.2) is 0 Å². The van der Waals surface area contributed by atoms with E-state index in [-0.39, 0.29) is 5.91 Å². The maximum absolute atomic E-state index is 11.7. The Bertz CT molecular complexity index is 352. The van der Waals surface area contributed by atoms with Crippen LogP contribution in [0.2, 0.25) is 0 Å². The molecule has 1 saturated carbocycles. The first kappa shape index (κ1) is 12.9. The average Bonchev–Trinajstić information content (AvgIpc) is 2.79. The fourth-order valence-electron chi connectivity index (χ4n) is 2.31. The molecule has 1 amide bonds. The van der Waals surface area contributed by atoms with Crippen molar-refractivity contribution < 1.29 is 4.79 Å². The highest BCUT2D eigenvalue weighted by molar-refractivity contribution is 7.07. The van der Waals surface area contributed by atoms with Crippen molar-refractivity contribution in [2.45, 2.75) is 37.5 Å². The van der Waals surface area contributed by atoms with Gasteiger partial charge in [0.15, 0.2) is 0 Å². The lowest BCUT2D eigenvalue weighted by Crippen LogP contribution is -2.32. The third kappa shape index (κ3) is 4.32. The summed E-state index contributed by atoms with van der Waals surface area (Å²) in [7, 11) is 0. The van der Waals surface area contributed by atoms with Crippen molar-refractivity contribution >= 4 is 28.8 Å². The minimum atomic E-state index is 0.125. The molecule has 1 aliphatic rings. The van der Waals surface area contributed by atoms with Crippen molar-refractivity contribution in [2.75, 3.05) is 6.54 Å². The average molecular weight is 272 g/mol. The van der Waals surface area contributed by atoms with Crippen LogP contribution in [0.1, 0.15) is 31.2 Å². The molecule has 1 aromatic rings. The van der Waals surface area contributed by atoms with Crippen LogP contribution in [0.5, 0.6) is 0 Å². The largest absolute Gasteiger partial charge is 0.356 e. The Labute approximate surface area is 111 Å². The molecule has 1 fully saturated rings. The number of halogens is 1. The van der Waals surface area contributed by atoms with E-state index < -0.39 is 0 Å². The first-order valence-electron chi connectivity index (χ1n) is 6.16. The number of amides is 1. The molecule has 2 atom stereocenters. The van der Waals surface area contributed by atoms with Crippen LogP contribution in [0.25, 0.3) is 0 Å². The van der Waals surface area contributed by atoms with E-state index in [4.69, 9.17) is 11.6 Å². The van der Waals surface area contributed by atoms with Crippen LogP contribution in [0, 0.1) is 5.92 Å². The molecule has 0 spiro atoms. The Kier molecular flexibility index (Phi) is 4.86. The monoisotopic (exact) mass is 271 g/mol. The van der Waals surface area contributed by atoms with Crippen molar-refractivity contribution in [1.82, 2.24) is 5.32 Å². The molecule has 1 aromatic heterocycles. The predicted molar refractivity (Wildman–Crippen MR) is 72.6 cm³/mol. The van der Waals surface area contributed by atoms with Gasteiger partial charge in [0, 0.05) is 11.9 Å². The van der Waals surface area contributed by atoms with Crippen LogP contribution in [0.3, 0.4) is 0 Å². The fraction of sp³-hybridized carbons (Fsp3) is 0.615. The number of nitrogens with one attached hydrogen (secondary N) is 1. The lowest BCUT2D eigenvalue weighted by molar-refractivity contribution is -0.120. The van der Waals surface area contributed by atoms with E-state index in [0.29, 0.717) is 17.7 Å². The first-order valence-corrected chi connectivity index (χ1v) is 7.54. The van der Waals surface area contributed by atoms with Crippen LogP contribution in [0.15, 0.2) is 16.8 Å². The van der Waals surface area contributed by atoms with Gasteiger partial charge in [-0.05, 0) is 47.6 Å². The van der Waals surface area contributed by atoms with Gasteiger partial charge < -0.3 is 5.32 Å².